The molecule has 0 aliphatic rings. The maximum Gasteiger partial charge on any atom is 0.326 e. The number of carbonyl (C=O) groups excluding carboxylic acids is 1. The van der Waals surface area contributed by atoms with Gasteiger partial charge in [-0.05, 0) is 48.5 Å². The summed E-state index contributed by atoms with van der Waals surface area (Å²) in [4.78, 5) is 12.1. The highest BCUT2D eigenvalue weighted by atomic mass is 31.0. The van der Waals surface area contributed by atoms with Gasteiger partial charge in [0, 0.05) is 15.0 Å². The van der Waals surface area contributed by atoms with E-state index in [0.717, 1.165) is 0 Å². The molecular formula is C13H30NO3P. The Hall–Kier alpha value is -0.180. The summed E-state index contributed by atoms with van der Waals surface area (Å²) in [6.45, 7) is 13.4. The van der Waals surface area contributed by atoms with Gasteiger partial charge in [0.05, 0.1) is 6.10 Å². The molecule has 18 heavy (non-hydrogen) atoms. The van der Waals surface area contributed by atoms with Crippen LogP contribution in [0.1, 0.15) is 55.9 Å². The molecule has 1 N–H and O–H groups in total. The topological polar surface area (TPSA) is 47.6 Å². The second-order valence-electron chi connectivity index (χ2n) is 6.25. The molecule has 0 aliphatic carbocycles. The Morgan fingerprint density at radius 2 is 1.61 bits per heavy atom. The fourth-order valence-corrected chi connectivity index (χ4v) is 1.44. The Kier molecular flexibility index (Phi) is 8.30. The van der Waals surface area contributed by atoms with E-state index in [-0.39, 0.29) is 25.0 Å². The van der Waals surface area contributed by atoms with Crippen LogP contribution in [0.4, 0.5) is 0 Å². The smallest absolute Gasteiger partial charge is 0.326 e. The Morgan fingerprint density at radius 3 is 1.89 bits per heavy atom. The highest BCUT2D eigenvalue weighted by molar-refractivity contribution is 7.09. The summed E-state index contributed by atoms with van der Waals surface area (Å²) in [6, 6.07) is -0.480. The van der Waals surface area contributed by atoms with Gasteiger partial charge in [0.1, 0.15) is 11.6 Å². The number of nitrogens with one attached hydrogen (secondary N) is 1. The van der Waals surface area contributed by atoms with Crippen LogP contribution in [0, 0.1) is 0 Å². The lowest BCUT2D eigenvalue weighted by Gasteiger charge is -2.32. The fraction of sp³-hybridized carbons (Fsp3) is 0.923. The van der Waals surface area contributed by atoms with Gasteiger partial charge in [0.25, 0.3) is 0 Å². The van der Waals surface area contributed by atoms with E-state index in [1.165, 1.54) is 0 Å². The molecule has 0 rings (SSSR count). The van der Waals surface area contributed by atoms with Crippen molar-refractivity contribution in [2.45, 2.75) is 79.2 Å². The van der Waals surface area contributed by atoms with Crippen LogP contribution in [0.15, 0.2) is 0 Å². The number of hydrogen-bond donors (Lipinski definition) is 1. The van der Waals surface area contributed by atoms with Crippen LogP contribution in [0.3, 0.4) is 0 Å². The van der Waals surface area contributed by atoms with E-state index < -0.39 is 11.6 Å². The molecule has 0 radical (unpaired) electrons. The standard InChI is InChI=1S/C12H26NO3P.CH4/c1-8(16-17)9(13-11(2,3)4)10(14)15-12(5,6)7;/h8-9,13H,17H2,1-7H3;1H4. The molecular weight excluding hydrogens is 249 g/mol. The lowest BCUT2D eigenvalue weighted by atomic mass is 10.0. The van der Waals surface area contributed by atoms with E-state index in [0.29, 0.717) is 0 Å². The molecule has 0 aromatic rings. The summed E-state index contributed by atoms with van der Waals surface area (Å²) in [6.07, 6.45) is -0.269. The molecule has 4 nitrogen and oxygen atoms in total. The van der Waals surface area contributed by atoms with Crippen molar-refractivity contribution in [2.24, 2.45) is 0 Å². The van der Waals surface area contributed by atoms with Gasteiger partial charge >= 0.3 is 5.97 Å². The molecule has 0 saturated heterocycles. The van der Waals surface area contributed by atoms with Gasteiger partial charge in [-0.3, -0.25) is 10.1 Å². The molecule has 0 bridgehead atoms. The van der Waals surface area contributed by atoms with Gasteiger partial charge in [0.15, 0.2) is 0 Å². The van der Waals surface area contributed by atoms with E-state index >= 15 is 0 Å². The average molecular weight is 279 g/mol. The van der Waals surface area contributed by atoms with E-state index in [1.54, 1.807) is 0 Å². The summed E-state index contributed by atoms with van der Waals surface area (Å²) in [5, 5.41) is 3.22. The Bertz CT molecular complexity index is 256. The van der Waals surface area contributed by atoms with Crippen molar-refractivity contribution < 1.29 is 14.1 Å². The van der Waals surface area contributed by atoms with Crippen LogP contribution in [-0.2, 0) is 14.1 Å². The van der Waals surface area contributed by atoms with Gasteiger partial charge in [0.2, 0.25) is 0 Å². The van der Waals surface area contributed by atoms with E-state index in [4.69, 9.17) is 9.26 Å². The summed E-state index contributed by atoms with van der Waals surface area (Å²) in [5.41, 5.74) is -0.672. The lowest BCUT2D eigenvalue weighted by molar-refractivity contribution is -0.160. The Morgan fingerprint density at radius 1 is 1.17 bits per heavy atom. The van der Waals surface area contributed by atoms with E-state index in [1.807, 2.05) is 48.5 Å². The maximum atomic E-state index is 12.1. The first-order chi connectivity index (χ1) is 7.46. The summed E-state index contributed by atoms with van der Waals surface area (Å²) in [7, 11) is 2.18. The molecule has 5 heteroatoms. The molecule has 110 valence electrons. The molecule has 3 atom stereocenters. The van der Waals surface area contributed by atoms with Crippen LogP contribution in [0.25, 0.3) is 0 Å². The third kappa shape index (κ3) is 8.84. The Labute approximate surface area is 114 Å². The van der Waals surface area contributed by atoms with Crippen molar-refractivity contribution >= 4 is 15.4 Å². The SMILES string of the molecule is C.CC(OP)C(NC(C)(C)C)C(=O)OC(C)(C)C. The van der Waals surface area contributed by atoms with E-state index in [9.17, 15) is 4.79 Å². The zero-order chi connectivity index (χ0) is 13.9. The predicted octanol–water partition coefficient (Wildman–Crippen LogP) is 2.92. The van der Waals surface area contributed by atoms with Gasteiger partial charge in [-0.1, -0.05) is 7.43 Å². The molecule has 0 aromatic carbocycles. The highest BCUT2D eigenvalue weighted by Gasteiger charge is 2.32. The average Bonchev–Trinajstić information content (AvgIpc) is 2.08. The molecule has 0 aliphatic heterocycles. The van der Waals surface area contributed by atoms with Gasteiger partial charge in [-0.25, -0.2) is 0 Å². The molecule has 0 spiro atoms. The summed E-state index contributed by atoms with van der Waals surface area (Å²) >= 11 is 0. The molecule has 0 amide bonds. The summed E-state index contributed by atoms with van der Waals surface area (Å²) in [5.74, 6) is -0.289. The minimum atomic E-state index is -0.491. The monoisotopic (exact) mass is 279 g/mol. The summed E-state index contributed by atoms with van der Waals surface area (Å²) < 4.78 is 10.5. The zero-order valence-electron chi connectivity index (χ0n) is 12.0. The van der Waals surface area contributed by atoms with Crippen LogP contribution < -0.4 is 5.32 Å². The van der Waals surface area contributed by atoms with Crippen molar-refractivity contribution in [1.82, 2.24) is 5.32 Å². The second kappa shape index (κ2) is 7.42. The maximum absolute atomic E-state index is 12.1. The van der Waals surface area contributed by atoms with Crippen LogP contribution in [0.5, 0.6) is 0 Å². The van der Waals surface area contributed by atoms with E-state index in [2.05, 4.69) is 14.8 Å². The number of hydrogen-bond acceptors (Lipinski definition) is 4. The van der Waals surface area contributed by atoms with Crippen molar-refractivity contribution in [3.8, 4) is 0 Å². The molecule has 0 fully saturated rings. The number of carbonyl (C=O) groups is 1. The van der Waals surface area contributed by atoms with Crippen molar-refractivity contribution in [2.75, 3.05) is 0 Å². The first kappa shape index (κ1) is 20.1. The third-order valence-corrected chi connectivity index (χ3v) is 2.36. The number of ether oxygens (including phenoxy) is 1. The lowest BCUT2D eigenvalue weighted by Crippen LogP contribution is -2.54. The van der Waals surface area contributed by atoms with Gasteiger partial charge in [-0.15, -0.1) is 0 Å². The van der Waals surface area contributed by atoms with Crippen LogP contribution in [0.2, 0.25) is 0 Å². The minimum absolute atomic E-state index is 0. The highest BCUT2D eigenvalue weighted by Crippen LogP contribution is 2.14. The second-order valence-corrected chi connectivity index (χ2v) is 6.52. The minimum Gasteiger partial charge on any atom is -0.459 e. The van der Waals surface area contributed by atoms with Crippen molar-refractivity contribution in [3.63, 3.8) is 0 Å². The normalized spacial score (nSPS) is 15.6. The molecule has 0 saturated carbocycles. The zero-order valence-corrected chi connectivity index (χ0v) is 13.1. The molecule has 0 heterocycles. The molecule has 3 unspecified atom stereocenters. The first-order valence-corrected chi connectivity index (χ1v) is 6.29. The quantitative estimate of drug-likeness (QED) is 0.635. The number of esters is 1. The predicted molar refractivity (Wildman–Crippen MR) is 79.5 cm³/mol. The fourth-order valence-electron chi connectivity index (χ4n) is 1.28. The number of rotatable bonds is 4. The van der Waals surface area contributed by atoms with Crippen LogP contribution >= 0.6 is 9.47 Å². The third-order valence-electron chi connectivity index (χ3n) is 1.93. The Balaban J connectivity index is 0. The van der Waals surface area contributed by atoms with Gasteiger partial charge < -0.3 is 9.26 Å². The molecule has 0 aromatic heterocycles. The van der Waals surface area contributed by atoms with Crippen molar-refractivity contribution in [3.05, 3.63) is 0 Å². The first-order valence-electron chi connectivity index (χ1n) is 5.82. The largest absolute Gasteiger partial charge is 0.459 e. The van der Waals surface area contributed by atoms with Gasteiger partial charge in [-0.2, -0.15) is 0 Å². The van der Waals surface area contributed by atoms with Crippen LogP contribution in [-0.4, -0.2) is 29.3 Å². The van der Waals surface area contributed by atoms with Crippen molar-refractivity contribution in [1.29, 1.82) is 0 Å².